The van der Waals surface area contributed by atoms with Crippen molar-refractivity contribution >= 4 is 34.1 Å². The number of amides is 1. The van der Waals surface area contributed by atoms with Gasteiger partial charge < -0.3 is 5.21 Å². The lowest BCUT2D eigenvalue weighted by Crippen LogP contribution is -2.25. The molecular formula is C15H12N4O2S2. The molecule has 1 N–H and O–H groups in total. The number of aromatic nitrogens is 3. The van der Waals surface area contributed by atoms with E-state index in [1.165, 1.54) is 41.4 Å². The van der Waals surface area contributed by atoms with Crippen LogP contribution in [0.5, 0.6) is 0 Å². The molecule has 2 aromatic heterocycles. The van der Waals surface area contributed by atoms with E-state index in [0.717, 1.165) is 10.1 Å². The van der Waals surface area contributed by atoms with E-state index in [9.17, 15) is 10.0 Å². The van der Waals surface area contributed by atoms with Gasteiger partial charge >= 0.3 is 0 Å². The zero-order valence-electron chi connectivity index (χ0n) is 11.9. The van der Waals surface area contributed by atoms with Crippen LogP contribution in [0.25, 0.3) is 0 Å². The highest BCUT2D eigenvalue weighted by Gasteiger charge is 2.11. The maximum Gasteiger partial charge on any atom is 0.257 e. The molecule has 6 nitrogen and oxygen atoms in total. The molecule has 3 rings (SSSR count). The van der Waals surface area contributed by atoms with Crippen LogP contribution in [-0.4, -0.2) is 16.1 Å². The molecule has 0 saturated heterocycles. The van der Waals surface area contributed by atoms with Crippen molar-refractivity contribution in [2.24, 2.45) is 0 Å². The number of nitrogens with one attached hydrogen (secondary N) is 1. The zero-order chi connectivity index (χ0) is 16.1. The molecule has 0 aliphatic heterocycles. The molecule has 0 spiro atoms. The largest absolute Gasteiger partial charge is 0.619 e. The summed E-state index contributed by atoms with van der Waals surface area (Å²) in [6.07, 6.45) is 2.55. The lowest BCUT2D eigenvalue weighted by molar-refractivity contribution is -0.605. The minimum atomic E-state index is -0.318. The molecule has 0 fully saturated rings. The van der Waals surface area contributed by atoms with Gasteiger partial charge in [0.15, 0.2) is 16.7 Å². The van der Waals surface area contributed by atoms with E-state index in [1.54, 1.807) is 11.8 Å². The highest BCUT2D eigenvalue weighted by Crippen LogP contribution is 2.28. The second-order valence-corrected chi connectivity index (χ2v) is 6.75. The van der Waals surface area contributed by atoms with E-state index in [2.05, 4.69) is 27.6 Å². The molecule has 2 heterocycles. The van der Waals surface area contributed by atoms with Gasteiger partial charge in [0.1, 0.15) is 0 Å². The maximum atomic E-state index is 12.0. The molecule has 0 atom stereocenters. The van der Waals surface area contributed by atoms with E-state index in [0.29, 0.717) is 15.4 Å². The van der Waals surface area contributed by atoms with Crippen molar-refractivity contribution in [3.8, 4) is 0 Å². The topological polar surface area (TPSA) is 81.8 Å². The van der Waals surface area contributed by atoms with Gasteiger partial charge in [-0.25, -0.2) is 0 Å². The van der Waals surface area contributed by atoms with Gasteiger partial charge in [-0.15, -0.1) is 10.2 Å². The Kier molecular flexibility index (Phi) is 4.84. The lowest BCUT2D eigenvalue weighted by Gasteiger charge is -2.00. The van der Waals surface area contributed by atoms with Crippen LogP contribution in [0.3, 0.4) is 0 Å². The summed E-state index contributed by atoms with van der Waals surface area (Å²) in [6.45, 7) is 0. The average Bonchev–Trinajstić information content (AvgIpc) is 3.02. The summed E-state index contributed by atoms with van der Waals surface area (Å²) in [7, 11) is 0. The quantitative estimate of drug-likeness (QED) is 0.333. The van der Waals surface area contributed by atoms with Gasteiger partial charge in [-0.2, -0.15) is 4.73 Å². The van der Waals surface area contributed by atoms with Crippen molar-refractivity contribution < 1.29 is 9.52 Å². The first-order valence-corrected chi connectivity index (χ1v) is 8.51. The lowest BCUT2D eigenvalue weighted by atomic mass is 10.2. The molecule has 0 radical (unpaired) electrons. The molecule has 23 heavy (non-hydrogen) atoms. The van der Waals surface area contributed by atoms with Crippen LogP contribution in [0.1, 0.15) is 15.9 Å². The number of rotatable bonds is 5. The summed E-state index contributed by atoms with van der Waals surface area (Å²) in [5.74, 6) is 0.479. The second kappa shape index (κ2) is 7.21. The first kappa shape index (κ1) is 15.4. The molecule has 0 bridgehead atoms. The van der Waals surface area contributed by atoms with Gasteiger partial charge in [0, 0.05) is 17.9 Å². The number of carbonyl (C=O) groups excluding carboxylic acids is 1. The summed E-state index contributed by atoms with van der Waals surface area (Å²) < 4.78 is 1.41. The van der Waals surface area contributed by atoms with Crippen LogP contribution in [0.4, 0.5) is 5.13 Å². The van der Waals surface area contributed by atoms with E-state index in [-0.39, 0.29) is 5.91 Å². The highest BCUT2D eigenvalue weighted by atomic mass is 32.2. The summed E-state index contributed by atoms with van der Waals surface area (Å²) in [5.41, 5.74) is 1.60. The van der Waals surface area contributed by atoms with E-state index in [1.807, 2.05) is 18.2 Å². The molecule has 0 saturated carbocycles. The number of hydrogen-bond acceptors (Lipinski definition) is 6. The van der Waals surface area contributed by atoms with Crippen LogP contribution in [0.2, 0.25) is 0 Å². The fraction of sp³-hybridized carbons (Fsp3) is 0.0667. The van der Waals surface area contributed by atoms with Crippen LogP contribution in [0, 0.1) is 5.21 Å². The smallest absolute Gasteiger partial charge is 0.257 e. The minimum Gasteiger partial charge on any atom is -0.619 e. The number of carbonyl (C=O) groups is 1. The van der Waals surface area contributed by atoms with Crippen molar-refractivity contribution in [2.75, 3.05) is 5.32 Å². The monoisotopic (exact) mass is 344 g/mol. The van der Waals surface area contributed by atoms with Gasteiger partial charge in [0.25, 0.3) is 5.91 Å². The van der Waals surface area contributed by atoms with Gasteiger partial charge in [0.2, 0.25) is 5.13 Å². The summed E-state index contributed by atoms with van der Waals surface area (Å²) in [5, 5.41) is 22.1. The van der Waals surface area contributed by atoms with Crippen molar-refractivity contribution in [3.63, 3.8) is 0 Å². The Bertz CT molecular complexity index is 791. The summed E-state index contributed by atoms with van der Waals surface area (Å²) >= 11 is 2.89. The predicted octanol–water partition coefficient (Wildman–Crippen LogP) is 2.72. The van der Waals surface area contributed by atoms with E-state index >= 15 is 0 Å². The van der Waals surface area contributed by atoms with Crippen molar-refractivity contribution in [2.45, 2.75) is 10.1 Å². The standard InChI is InChI=1S/C15H12N4O2S2/c20-13(12-6-8-19(21)9-7-12)16-14-17-18-15(23-14)22-10-11-4-2-1-3-5-11/h1-9H,10H2,(H,16,17,20). The molecule has 0 aliphatic rings. The van der Waals surface area contributed by atoms with Crippen molar-refractivity contribution in [1.82, 2.24) is 10.2 Å². The number of thioether (sulfide) groups is 1. The van der Waals surface area contributed by atoms with Gasteiger partial charge in [-0.3, -0.25) is 10.1 Å². The number of pyridine rings is 1. The third-order valence-electron chi connectivity index (χ3n) is 2.90. The normalized spacial score (nSPS) is 10.4. The van der Waals surface area contributed by atoms with Crippen molar-refractivity contribution in [3.05, 3.63) is 71.2 Å². The van der Waals surface area contributed by atoms with Crippen LogP contribution in [-0.2, 0) is 5.75 Å². The second-order valence-electron chi connectivity index (χ2n) is 4.55. The highest BCUT2D eigenvalue weighted by molar-refractivity contribution is 8.00. The number of anilines is 1. The first-order chi connectivity index (χ1) is 11.2. The van der Waals surface area contributed by atoms with E-state index < -0.39 is 0 Å². The van der Waals surface area contributed by atoms with Crippen molar-refractivity contribution in [1.29, 1.82) is 0 Å². The van der Waals surface area contributed by atoms with Gasteiger partial charge in [-0.1, -0.05) is 53.4 Å². The predicted molar refractivity (Wildman–Crippen MR) is 89.3 cm³/mol. The van der Waals surface area contributed by atoms with Crippen LogP contribution in [0.15, 0.2) is 59.2 Å². The molecule has 116 valence electrons. The Morgan fingerprint density at radius 1 is 1.17 bits per heavy atom. The molecule has 1 amide bonds. The average molecular weight is 344 g/mol. The van der Waals surface area contributed by atoms with Gasteiger partial charge in [0.05, 0.1) is 5.56 Å². The first-order valence-electron chi connectivity index (χ1n) is 6.71. The summed E-state index contributed by atoms with van der Waals surface area (Å²) in [6, 6.07) is 13.0. The van der Waals surface area contributed by atoms with Gasteiger partial charge in [-0.05, 0) is 5.56 Å². The zero-order valence-corrected chi connectivity index (χ0v) is 13.5. The minimum absolute atomic E-state index is 0.318. The fourth-order valence-electron chi connectivity index (χ4n) is 1.77. The Hall–Kier alpha value is -2.45. The number of nitrogens with zero attached hydrogens (tertiary/aromatic N) is 3. The molecule has 3 aromatic rings. The maximum absolute atomic E-state index is 12.0. The van der Waals surface area contributed by atoms with Crippen LogP contribution < -0.4 is 10.0 Å². The summed E-state index contributed by atoms with van der Waals surface area (Å²) in [4.78, 5) is 12.0. The fourth-order valence-corrected chi connectivity index (χ4v) is 3.47. The Balaban J connectivity index is 1.58. The Morgan fingerprint density at radius 3 is 2.65 bits per heavy atom. The molecular weight excluding hydrogens is 332 g/mol. The number of hydrogen-bond donors (Lipinski definition) is 1. The molecule has 0 aliphatic carbocycles. The Labute approximate surface area is 140 Å². The third-order valence-corrected chi connectivity index (χ3v) is 4.94. The van der Waals surface area contributed by atoms with E-state index in [4.69, 9.17) is 0 Å². The SMILES string of the molecule is O=C(Nc1nnc(SCc2ccccc2)s1)c1cc[n+]([O-])cc1. The Morgan fingerprint density at radius 2 is 1.91 bits per heavy atom. The number of benzene rings is 1. The molecule has 8 heteroatoms. The van der Waals surface area contributed by atoms with Crippen LogP contribution >= 0.6 is 23.1 Å². The molecule has 1 aromatic carbocycles. The third kappa shape index (κ3) is 4.27. The molecule has 0 unspecified atom stereocenters.